The Morgan fingerprint density at radius 1 is 1.14 bits per heavy atom. The topological polar surface area (TPSA) is 32.3 Å². The Morgan fingerprint density at radius 3 is 2.76 bits per heavy atom. The van der Waals surface area contributed by atoms with Gasteiger partial charge in [-0.25, -0.2) is 9.18 Å². The average Bonchev–Trinajstić information content (AvgIpc) is 2.93. The van der Waals surface area contributed by atoms with Crippen LogP contribution in [0.4, 0.5) is 14.9 Å². The maximum atomic E-state index is 13.5. The number of benzene rings is 2. The van der Waals surface area contributed by atoms with E-state index in [4.69, 9.17) is 0 Å². The molecule has 1 aliphatic rings. The molecule has 0 atom stereocenters. The molecule has 0 saturated heterocycles. The first-order valence-corrected chi connectivity index (χ1v) is 7.12. The maximum Gasteiger partial charge on any atom is 0.321 e. The van der Waals surface area contributed by atoms with Crippen LogP contribution in [0.3, 0.4) is 0 Å². The Balaban J connectivity index is 1.57. The number of carbonyl (C=O) groups excluding carboxylic acids is 1. The molecule has 4 heteroatoms. The van der Waals surface area contributed by atoms with E-state index in [-0.39, 0.29) is 11.8 Å². The van der Waals surface area contributed by atoms with E-state index in [1.165, 1.54) is 11.6 Å². The highest BCUT2D eigenvalue weighted by Gasteiger charge is 2.23. The molecule has 0 radical (unpaired) electrons. The first-order valence-electron chi connectivity index (χ1n) is 7.12. The van der Waals surface area contributed by atoms with Crippen molar-refractivity contribution in [1.82, 2.24) is 5.32 Å². The van der Waals surface area contributed by atoms with Crippen molar-refractivity contribution in [3.8, 4) is 0 Å². The molecular weight excluding hydrogens is 267 g/mol. The number of hydrogen-bond acceptors (Lipinski definition) is 1. The van der Waals surface area contributed by atoms with Crippen LogP contribution in [0.15, 0.2) is 48.5 Å². The number of fused-ring (bicyclic) bond motifs is 1. The van der Waals surface area contributed by atoms with E-state index >= 15 is 0 Å². The van der Waals surface area contributed by atoms with Crippen LogP contribution in [-0.4, -0.2) is 19.1 Å². The Kier molecular flexibility index (Phi) is 3.86. The lowest BCUT2D eigenvalue weighted by Crippen LogP contribution is -2.39. The fourth-order valence-corrected chi connectivity index (χ4v) is 2.65. The second-order valence-electron chi connectivity index (χ2n) is 5.10. The number of para-hydroxylation sites is 1. The van der Waals surface area contributed by atoms with Crippen LogP contribution in [0, 0.1) is 5.82 Å². The molecule has 2 aromatic carbocycles. The number of halogens is 1. The lowest BCUT2D eigenvalue weighted by molar-refractivity contribution is 0.247. The van der Waals surface area contributed by atoms with Crippen LogP contribution < -0.4 is 10.2 Å². The van der Waals surface area contributed by atoms with Crippen molar-refractivity contribution in [2.75, 3.05) is 18.0 Å². The highest BCUT2D eigenvalue weighted by Crippen LogP contribution is 2.27. The number of amides is 2. The van der Waals surface area contributed by atoms with E-state index in [9.17, 15) is 9.18 Å². The quantitative estimate of drug-likeness (QED) is 0.922. The largest absolute Gasteiger partial charge is 0.337 e. The molecule has 3 nitrogen and oxygen atoms in total. The molecule has 1 aliphatic heterocycles. The summed E-state index contributed by atoms with van der Waals surface area (Å²) in [7, 11) is 0. The fourth-order valence-electron chi connectivity index (χ4n) is 2.65. The van der Waals surface area contributed by atoms with Crippen LogP contribution >= 0.6 is 0 Å². The van der Waals surface area contributed by atoms with Gasteiger partial charge in [0, 0.05) is 18.8 Å². The monoisotopic (exact) mass is 284 g/mol. The molecule has 0 bridgehead atoms. The summed E-state index contributed by atoms with van der Waals surface area (Å²) in [5.74, 6) is -0.224. The van der Waals surface area contributed by atoms with E-state index < -0.39 is 0 Å². The minimum Gasteiger partial charge on any atom is -0.337 e. The van der Waals surface area contributed by atoms with Gasteiger partial charge in [-0.05, 0) is 36.1 Å². The second kappa shape index (κ2) is 5.95. The van der Waals surface area contributed by atoms with Crippen LogP contribution in [0.2, 0.25) is 0 Å². The number of carbonyl (C=O) groups is 1. The van der Waals surface area contributed by atoms with Crippen molar-refractivity contribution >= 4 is 11.7 Å². The third kappa shape index (κ3) is 2.89. The molecule has 0 saturated carbocycles. The summed E-state index contributed by atoms with van der Waals surface area (Å²) >= 11 is 0. The third-order valence-electron chi connectivity index (χ3n) is 3.76. The molecule has 1 heterocycles. The fraction of sp³-hybridized carbons (Fsp3) is 0.235. The minimum atomic E-state index is -0.224. The summed E-state index contributed by atoms with van der Waals surface area (Å²) in [6.45, 7) is 1.13. The number of rotatable bonds is 3. The van der Waals surface area contributed by atoms with E-state index in [1.807, 2.05) is 24.3 Å². The SMILES string of the molecule is O=C(NCCc1ccccc1F)N1CCc2ccccc21. The number of nitrogens with zero attached hydrogens (tertiary/aromatic N) is 1. The van der Waals surface area contributed by atoms with Crippen molar-refractivity contribution in [3.63, 3.8) is 0 Å². The van der Waals surface area contributed by atoms with Gasteiger partial charge < -0.3 is 5.32 Å². The Morgan fingerprint density at radius 2 is 1.90 bits per heavy atom. The molecule has 2 amide bonds. The second-order valence-corrected chi connectivity index (χ2v) is 5.10. The van der Waals surface area contributed by atoms with Crippen LogP contribution in [-0.2, 0) is 12.8 Å². The van der Waals surface area contributed by atoms with Gasteiger partial charge in [-0.1, -0.05) is 36.4 Å². The van der Waals surface area contributed by atoms with Gasteiger partial charge in [0.15, 0.2) is 0 Å². The van der Waals surface area contributed by atoms with Crippen LogP contribution in [0.1, 0.15) is 11.1 Å². The summed E-state index contributed by atoms with van der Waals surface area (Å²) in [5.41, 5.74) is 2.79. The lowest BCUT2D eigenvalue weighted by Gasteiger charge is -2.18. The van der Waals surface area contributed by atoms with Crippen LogP contribution in [0.25, 0.3) is 0 Å². The number of anilines is 1. The zero-order valence-corrected chi connectivity index (χ0v) is 11.7. The smallest absolute Gasteiger partial charge is 0.321 e. The highest BCUT2D eigenvalue weighted by molar-refractivity contribution is 5.94. The molecular formula is C17H17FN2O. The van der Waals surface area contributed by atoms with Crippen LogP contribution in [0.5, 0.6) is 0 Å². The van der Waals surface area contributed by atoms with Gasteiger partial charge in [-0.2, -0.15) is 0 Å². The Hall–Kier alpha value is -2.36. The zero-order chi connectivity index (χ0) is 14.7. The molecule has 0 aromatic heterocycles. The number of hydrogen-bond donors (Lipinski definition) is 1. The van der Waals surface area contributed by atoms with Gasteiger partial charge >= 0.3 is 6.03 Å². The Labute approximate surface area is 123 Å². The van der Waals surface area contributed by atoms with Gasteiger partial charge in [0.2, 0.25) is 0 Å². The highest BCUT2D eigenvalue weighted by atomic mass is 19.1. The molecule has 2 aromatic rings. The number of nitrogens with one attached hydrogen (secondary N) is 1. The molecule has 108 valence electrons. The molecule has 3 rings (SSSR count). The average molecular weight is 284 g/mol. The summed E-state index contributed by atoms with van der Waals surface area (Å²) in [4.78, 5) is 14.0. The summed E-state index contributed by atoms with van der Waals surface area (Å²) in [6.07, 6.45) is 1.38. The standard InChI is InChI=1S/C17H17FN2O/c18-15-7-3-1-5-13(15)9-11-19-17(21)20-12-10-14-6-2-4-8-16(14)20/h1-8H,9-12H2,(H,19,21). The molecule has 1 N–H and O–H groups in total. The van der Waals surface area contributed by atoms with Gasteiger partial charge in [-0.15, -0.1) is 0 Å². The zero-order valence-electron chi connectivity index (χ0n) is 11.7. The van der Waals surface area contributed by atoms with Crippen molar-refractivity contribution in [2.24, 2.45) is 0 Å². The third-order valence-corrected chi connectivity index (χ3v) is 3.76. The van der Waals surface area contributed by atoms with E-state index in [1.54, 1.807) is 23.1 Å². The summed E-state index contributed by atoms with van der Waals surface area (Å²) in [6, 6.07) is 14.5. The van der Waals surface area contributed by atoms with Crippen molar-refractivity contribution in [2.45, 2.75) is 12.8 Å². The van der Waals surface area contributed by atoms with E-state index in [0.29, 0.717) is 25.1 Å². The summed E-state index contributed by atoms with van der Waals surface area (Å²) in [5, 5.41) is 2.86. The molecule has 21 heavy (non-hydrogen) atoms. The minimum absolute atomic E-state index is 0.115. The molecule has 0 fully saturated rings. The Bertz CT molecular complexity index is 657. The van der Waals surface area contributed by atoms with Crippen molar-refractivity contribution in [1.29, 1.82) is 0 Å². The van der Waals surface area contributed by atoms with Gasteiger partial charge in [0.05, 0.1) is 0 Å². The summed E-state index contributed by atoms with van der Waals surface area (Å²) < 4.78 is 13.5. The lowest BCUT2D eigenvalue weighted by atomic mass is 10.1. The van der Waals surface area contributed by atoms with E-state index in [0.717, 1.165) is 12.1 Å². The predicted molar refractivity (Wildman–Crippen MR) is 81.0 cm³/mol. The molecule has 0 unspecified atom stereocenters. The van der Waals surface area contributed by atoms with Gasteiger partial charge in [0.25, 0.3) is 0 Å². The molecule has 0 aliphatic carbocycles. The number of urea groups is 1. The van der Waals surface area contributed by atoms with E-state index in [2.05, 4.69) is 5.32 Å². The maximum absolute atomic E-state index is 13.5. The normalized spacial score (nSPS) is 13.1. The predicted octanol–water partition coefficient (Wildman–Crippen LogP) is 3.14. The van der Waals surface area contributed by atoms with Crippen molar-refractivity contribution in [3.05, 3.63) is 65.5 Å². The van der Waals surface area contributed by atoms with Gasteiger partial charge in [-0.3, -0.25) is 4.90 Å². The van der Waals surface area contributed by atoms with Gasteiger partial charge in [0.1, 0.15) is 5.82 Å². The first kappa shape index (κ1) is 13.6. The first-order chi connectivity index (χ1) is 10.3. The molecule has 0 spiro atoms. The van der Waals surface area contributed by atoms with Crippen molar-refractivity contribution < 1.29 is 9.18 Å².